The van der Waals surface area contributed by atoms with E-state index in [1.54, 1.807) is 41.4 Å². The molecule has 2 aliphatic heterocycles. The number of aromatic nitrogens is 3. The summed E-state index contributed by atoms with van der Waals surface area (Å²) in [7, 11) is 5.47. The van der Waals surface area contributed by atoms with Crippen LogP contribution in [0, 0.1) is 6.92 Å². The van der Waals surface area contributed by atoms with Gasteiger partial charge >= 0.3 is 6.03 Å². The number of thiazole rings is 1. The number of urea groups is 1. The second-order valence-corrected chi connectivity index (χ2v) is 8.70. The van der Waals surface area contributed by atoms with Crippen LogP contribution in [0.3, 0.4) is 0 Å². The molecule has 8 nitrogen and oxygen atoms in total. The Morgan fingerprint density at radius 3 is 2.67 bits per heavy atom. The number of aryl methyl sites for hydroxylation is 2. The highest BCUT2D eigenvalue weighted by Gasteiger charge is 2.44. The lowest BCUT2D eigenvalue weighted by Gasteiger charge is -2.22. The highest BCUT2D eigenvalue weighted by atomic mass is 32.1. The molecule has 0 N–H and O–H groups in total. The zero-order valence-corrected chi connectivity index (χ0v) is 16.5. The minimum absolute atomic E-state index is 0.0569. The molecule has 0 bridgehead atoms. The zero-order chi connectivity index (χ0) is 18.9. The maximum atomic E-state index is 12.1. The molecule has 2 unspecified atom stereocenters. The third-order valence-corrected chi connectivity index (χ3v) is 6.67. The molecule has 4 atom stereocenters. The van der Waals surface area contributed by atoms with Gasteiger partial charge in [0, 0.05) is 44.1 Å². The van der Waals surface area contributed by atoms with Gasteiger partial charge in [-0.3, -0.25) is 14.7 Å². The van der Waals surface area contributed by atoms with Crippen LogP contribution in [-0.4, -0.2) is 68.9 Å². The third kappa shape index (κ3) is 2.52. The smallest absolute Gasteiger partial charge is 0.302 e. The van der Waals surface area contributed by atoms with Crippen LogP contribution in [-0.2, 0) is 7.05 Å². The molecule has 2 aromatic heterocycles. The molecule has 140 valence electrons. The van der Waals surface area contributed by atoms with Crippen LogP contribution in [0.5, 0.6) is 0 Å². The van der Waals surface area contributed by atoms with E-state index in [1.807, 2.05) is 24.9 Å². The van der Waals surface area contributed by atoms with Gasteiger partial charge in [0.05, 0.1) is 22.6 Å². The van der Waals surface area contributed by atoms with Gasteiger partial charge in [0.15, 0.2) is 12.3 Å². The third-order valence-electron chi connectivity index (χ3n) is 5.62. The minimum Gasteiger partial charge on any atom is -0.302 e. The number of fused-ring (bicyclic) bond motifs is 1. The van der Waals surface area contributed by atoms with Gasteiger partial charge in [-0.2, -0.15) is 5.10 Å². The standard InChI is InChI=1S/C18H21N7OS/c1-9-19-8-15(27-9)11-5-10(11)12-6-14(25(4)22-12)13-7-20-16-17(21-13)24(3)18(26)23(16)2/h6-8,10-11,16-17H,5H2,1-4H3/t10-,11-,16?,17?/m0/s1. The molecule has 0 aromatic carbocycles. The number of hydrogen-bond acceptors (Lipinski definition) is 6. The first-order valence-corrected chi connectivity index (χ1v) is 9.83. The van der Waals surface area contributed by atoms with Crippen molar-refractivity contribution in [2.45, 2.75) is 37.5 Å². The molecule has 1 aliphatic carbocycles. The Kier molecular flexibility index (Phi) is 3.52. The highest BCUT2D eigenvalue weighted by Crippen LogP contribution is 2.55. The second-order valence-electron chi connectivity index (χ2n) is 7.43. The van der Waals surface area contributed by atoms with Gasteiger partial charge in [-0.15, -0.1) is 11.3 Å². The Labute approximate surface area is 161 Å². The molecular formula is C18H21N7OS. The predicted molar refractivity (Wildman–Crippen MR) is 104 cm³/mol. The van der Waals surface area contributed by atoms with E-state index < -0.39 is 0 Å². The summed E-state index contributed by atoms with van der Waals surface area (Å²) >= 11 is 1.77. The average molecular weight is 383 g/mol. The first-order valence-electron chi connectivity index (χ1n) is 9.01. The fraction of sp³-hybridized carbons (Fsp3) is 0.500. The summed E-state index contributed by atoms with van der Waals surface area (Å²) in [5.41, 5.74) is 2.81. The molecule has 27 heavy (non-hydrogen) atoms. The van der Waals surface area contributed by atoms with Crippen molar-refractivity contribution < 1.29 is 4.79 Å². The van der Waals surface area contributed by atoms with E-state index in [0.717, 1.165) is 28.5 Å². The van der Waals surface area contributed by atoms with Gasteiger partial charge in [0.25, 0.3) is 0 Å². The molecular weight excluding hydrogens is 362 g/mol. The first-order chi connectivity index (χ1) is 12.9. The molecule has 9 heteroatoms. The van der Waals surface area contributed by atoms with Gasteiger partial charge in [-0.05, 0) is 19.4 Å². The lowest BCUT2D eigenvalue weighted by Crippen LogP contribution is -2.36. The Bertz CT molecular complexity index is 990. The van der Waals surface area contributed by atoms with Crippen molar-refractivity contribution in [2.24, 2.45) is 17.0 Å². The van der Waals surface area contributed by atoms with Crippen molar-refractivity contribution in [1.82, 2.24) is 24.6 Å². The molecule has 2 aromatic rings. The SMILES string of the molecule is Cc1ncc([C@H]2C[C@@H]2c2cc(C3=NC4C(N=C3)N(C)C(=O)N4C)n(C)n2)s1. The fourth-order valence-electron chi connectivity index (χ4n) is 3.96. The summed E-state index contributed by atoms with van der Waals surface area (Å²) in [6.45, 7) is 2.04. The molecule has 0 spiro atoms. The number of rotatable bonds is 3. The van der Waals surface area contributed by atoms with Crippen LogP contribution in [0.4, 0.5) is 4.79 Å². The van der Waals surface area contributed by atoms with Gasteiger partial charge in [0.2, 0.25) is 0 Å². The van der Waals surface area contributed by atoms with Crippen LogP contribution in [0.1, 0.15) is 39.5 Å². The van der Waals surface area contributed by atoms with Crippen LogP contribution in [0.2, 0.25) is 0 Å². The number of likely N-dealkylation sites (N-methyl/N-ethyl adjacent to an activating group) is 2. The predicted octanol–water partition coefficient (Wildman–Crippen LogP) is 1.98. The molecule has 0 radical (unpaired) electrons. The molecule has 4 heterocycles. The lowest BCUT2D eigenvalue weighted by atomic mass is 10.1. The molecule has 5 rings (SSSR count). The van der Waals surface area contributed by atoms with Crippen molar-refractivity contribution >= 4 is 29.3 Å². The summed E-state index contributed by atoms with van der Waals surface area (Å²) in [6, 6.07) is 2.06. The van der Waals surface area contributed by atoms with Gasteiger partial charge in [0.1, 0.15) is 5.71 Å². The average Bonchev–Trinajstić information content (AvgIpc) is 3.11. The number of carbonyl (C=O) groups excluding carboxylic acids is 1. The number of nitrogens with zero attached hydrogens (tertiary/aromatic N) is 7. The monoisotopic (exact) mass is 383 g/mol. The Morgan fingerprint density at radius 1 is 1.15 bits per heavy atom. The quantitative estimate of drug-likeness (QED) is 0.813. The summed E-state index contributed by atoms with van der Waals surface area (Å²) in [4.78, 5) is 30.5. The number of amides is 2. The summed E-state index contributed by atoms with van der Waals surface area (Å²) < 4.78 is 1.87. The summed E-state index contributed by atoms with van der Waals surface area (Å²) in [6.07, 6.45) is 4.35. The maximum Gasteiger partial charge on any atom is 0.323 e. The van der Waals surface area contributed by atoms with Gasteiger partial charge in [-0.25, -0.2) is 9.78 Å². The Hall–Kier alpha value is -2.55. The topological polar surface area (TPSA) is 79.0 Å². The molecule has 1 saturated carbocycles. The number of hydrogen-bond donors (Lipinski definition) is 0. The maximum absolute atomic E-state index is 12.1. The van der Waals surface area contributed by atoms with E-state index in [1.165, 1.54) is 4.88 Å². The van der Waals surface area contributed by atoms with Gasteiger partial charge < -0.3 is 9.80 Å². The molecule has 2 amide bonds. The van der Waals surface area contributed by atoms with Gasteiger partial charge in [-0.1, -0.05) is 0 Å². The van der Waals surface area contributed by atoms with E-state index in [2.05, 4.69) is 16.0 Å². The van der Waals surface area contributed by atoms with Crippen molar-refractivity contribution in [1.29, 1.82) is 0 Å². The number of aliphatic imine (C=N–C) groups is 2. The summed E-state index contributed by atoms with van der Waals surface area (Å²) in [5.74, 6) is 0.970. The van der Waals surface area contributed by atoms with E-state index in [4.69, 9.17) is 10.1 Å². The van der Waals surface area contributed by atoms with E-state index >= 15 is 0 Å². The Balaban J connectivity index is 1.40. The molecule has 2 fully saturated rings. The number of carbonyl (C=O) groups is 1. The van der Waals surface area contributed by atoms with Crippen molar-refractivity contribution in [3.63, 3.8) is 0 Å². The van der Waals surface area contributed by atoms with E-state index in [0.29, 0.717) is 11.8 Å². The zero-order valence-electron chi connectivity index (χ0n) is 15.7. The fourth-order valence-corrected chi connectivity index (χ4v) is 4.92. The lowest BCUT2D eigenvalue weighted by molar-refractivity contribution is 0.200. The normalized spacial score (nSPS) is 29.3. The second kappa shape index (κ2) is 5.72. The van der Waals surface area contributed by atoms with Crippen molar-refractivity contribution in [3.8, 4) is 0 Å². The first kappa shape index (κ1) is 16.6. The summed E-state index contributed by atoms with van der Waals surface area (Å²) in [5, 5.41) is 5.84. The van der Waals surface area contributed by atoms with E-state index in [-0.39, 0.29) is 18.4 Å². The van der Waals surface area contributed by atoms with Crippen LogP contribution in [0.25, 0.3) is 0 Å². The van der Waals surface area contributed by atoms with Crippen LogP contribution < -0.4 is 0 Å². The van der Waals surface area contributed by atoms with Crippen LogP contribution >= 0.6 is 11.3 Å². The molecule has 3 aliphatic rings. The largest absolute Gasteiger partial charge is 0.323 e. The van der Waals surface area contributed by atoms with E-state index in [9.17, 15) is 4.79 Å². The van der Waals surface area contributed by atoms with Crippen molar-refractivity contribution in [2.75, 3.05) is 14.1 Å². The van der Waals surface area contributed by atoms with Crippen molar-refractivity contribution in [3.05, 3.63) is 33.5 Å². The van der Waals surface area contributed by atoms with Crippen LogP contribution in [0.15, 0.2) is 22.2 Å². The molecule has 1 saturated heterocycles. The highest BCUT2D eigenvalue weighted by molar-refractivity contribution is 7.11. The Morgan fingerprint density at radius 2 is 1.93 bits per heavy atom. The minimum atomic E-state index is -0.283.